The highest BCUT2D eigenvalue weighted by atomic mass is 16.6. The molecular formula is C17H22N2O4. The van der Waals surface area contributed by atoms with Gasteiger partial charge in [0.2, 0.25) is 0 Å². The number of rotatable bonds is 4. The fourth-order valence-corrected chi connectivity index (χ4v) is 3.75. The molecular weight excluding hydrogens is 296 g/mol. The van der Waals surface area contributed by atoms with Gasteiger partial charge in [0, 0.05) is 19.2 Å². The average molecular weight is 318 g/mol. The molecule has 1 aromatic carbocycles. The van der Waals surface area contributed by atoms with Crippen LogP contribution in [0.2, 0.25) is 0 Å². The summed E-state index contributed by atoms with van der Waals surface area (Å²) in [4.78, 5) is 24.5. The highest BCUT2D eigenvalue weighted by Crippen LogP contribution is 2.36. The van der Waals surface area contributed by atoms with Crippen molar-refractivity contribution in [3.63, 3.8) is 0 Å². The van der Waals surface area contributed by atoms with Gasteiger partial charge in [-0.3, -0.25) is 14.9 Å². The first kappa shape index (κ1) is 15.8. The molecule has 1 saturated heterocycles. The summed E-state index contributed by atoms with van der Waals surface area (Å²) >= 11 is 0. The number of likely N-dealkylation sites (tertiary alicyclic amines) is 1. The maximum Gasteiger partial charge on any atom is 0.273 e. The maximum absolute atomic E-state index is 12.3. The lowest BCUT2D eigenvalue weighted by atomic mass is 9.75. The van der Waals surface area contributed by atoms with Crippen LogP contribution in [0.5, 0.6) is 5.75 Å². The number of hydrogen-bond donors (Lipinski definition) is 0. The molecule has 6 heteroatoms. The SMILES string of the molecule is O=C(COc1cccc([N+](=O)[O-])c1)N1CC[C@@H]2CCCC[C@H]2C1. The molecule has 23 heavy (non-hydrogen) atoms. The molecule has 1 heterocycles. The molecule has 0 unspecified atom stereocenters. The minimum absolute atomic E-state index is 0.0273. The third-order valence-electron chi connectivity index (χ3n) is 5.03. The standard InChI is InChI=1S/C17H22N2O4/c20-17(12-23-16-7-3-6-15(10-16)19(21)22)18-9-8-13-4-1-2-5-14(13)11-18/h3,6-7,10,13-14H,1-2,4-5,8-9,11-12H2/t13-,14-/m0/s1. The Labute approximate surface area is 135 Å². The Bertz CT molecular complexity index is 590. The summed E-state index contributed by atoms with van der Waals surface area (Å²) in [6.45, 7) is 1.58. The van der Waals surface area contributed by atoms with Crippen LogP contribution in [0.1, 0.15) is 32.1 Å². The van der Waals surface area contributed by atoms with Crippen molar-refractivity contribution in [2.75, 3.05) is 19.7 Å². The predicted molar refractivity (Wildman–Crippen MR) is 85.2 cm³/mol. The van der Waals surface area contributed by atoms with Crippen molar-refractivity contribution in [1.82, 2.24) is 4.90 Å². The summed E-state index contributed by atoms with van der Waals surface area (Å²) < 4.78 is 5.45. The molecule has 124 valence electrons. The molecule has 0 N–H and O–H groups in total. The van der Waals surface area contributed by atoms with Crippen LogP contribution in [0.3, 0.4) is 0 Å². The van der Waals surface area contributed by atoms with E-state index in [1.165, 1.54) is 37.8 Å². The van der Waals surface area contributed by atoms with E-state index >= 15 is 0 Å². The van der Waals surface area contributed by atoms with E-state index in [4.69, 9.17) is 4.74 Å². The number of nitro benzene ring substituents is 1. The van der Waals surface area contributed by atoms with Crippen molar-refractivity contribution >= 4 is 11.6 Å². The molecule has 6 nitrogen and oxygen atoms in total. The number of amides is 1. The lowest BCUT2D eigenvalue weighted by molar-refractivity contribution is -0.384. The highest BCUT2D eigenvalue weighted by Gasteiger charge is 2.32. The van der Waals surface area contributed by atoms with Crippen LogP contribution in [0.15, 0.2) is 24.3 Å². The molecule has 1 aliphatic heterocycles. The number of hydrogen-bond acceptors (Lipinski definition) is 4. The summed E-state index contributed by atoms with van der Waals surface area (Å²) in [5.41, 5.74) is -0.0297. The monoisotopic (exact) mass is 318 g/mol. The van der Waals surface area contributed by atoms with Gasteiger partial charge in [0.15, 0.2) is 6.61 Å². The molecule has 0 bridgehead atoms. The summed E-state index contributed by atoms with van der Waals surface area (Å²) in [5, 5.41) is 10.7. The lowest BCUT2D eigenvalue weighted by Gasteiger charge is -2.41. The molecule has 1 aromatic rings. The molecule has 3 rings (SSSR count). The first-order chi connectivity index (χ1) is 11.1. The number of fused-ring (bicyclic) bond motifs is 1. The summed E-state index contributed by atoms with van der Waals surface area (Å²) in [6, 6.07) is 5.95. The zero-order valence-corrected chi connectivity index (χ0v) is 13.1. The van der Waals surface area contributed by atoms with Crippen molar-refractivity contribution in [3.05, 3.63) is 34.4 Å². The molecule has 0 aromatic heterocycles. The van der Waals surface area contributed by atoms with Gasteiger partial charge >= 0.3 is 0 Å². The first-order valence-electron chi connectivity index (χ1n) is 8.28. The largest absolute Gasteiger partial charge is 0.484 e. The second-order valence-electron chi connectivity index (χ2n) is 6.48. The minimum Gasteiger partial charge on any atom is -0.484 e. The Kier molecular flexibility index (Phi) is 4.79. The van der Waals surface area contributed by atoms with Gasteiger partial charge < -0.3 is 9.64 Å². The van der Waals surface area contributed by atoms with Gasteiger partial charge in [-0.1, -0.05) is 25.3 Å². The Balaban J connectivity index is 1.53. The normalized spacial score (nSPS) is 23.9. The second kappa shape index (κ2) is 6.98. The van der Waals surface area contributed by atoms with Gasteiger partial charge in [0.1, 0.15) is 5.75 Å². The van der Waals surface area contributed by atoms with Gasteiger partial charge in [0.25, 0.3) is 11.6 Å². The van der Waals surface area contributed by atoms with Crippen LogP contribution in [0.25, 0.3) is 0 Å². The van der Waals surface area contributed by atoms with Crippen LogP contribution >= 0.6 is 0 Å². The Morgan fingerprint density at radius 3 is 2.83 bits per heavy atom. The molecule has 1 saturated carbocycles. The van der Waals surface area contributed by atoms with Crippen LogP contribution in [-0.4, -0.2) is 35.4 Å². The zero-order chi connectivity index (χ0) is 16.2. The fraction of sp³-hybridized carbons (Fsp3) is 0.588. The number of benzene rings is 1. The first-order valence-corrected chi connectivity index (χ1v) is 8.28. The van der Waals surface area contributed by atoms with Gasteiger partial charge in [-0.15, -0.1) is 0 Å². The molecule has 2 atom stereocenters. The lowest BCUT2D eigenvalue weighted by Crippen LogP contribution is -2.46. The summed E-state index contributed by atoms with van der Waals surface area (Å²) in [7, 11) is 0. The van der Waals surface area contributed by atoms with Crippen molar-refractivity contribution in [3.8, 4) is 5.75 Å². The average Bonchev–Trinajstić information content (AvgIpc) is 2.59. The van der Waals surface area contributed by atoms with Crippen LogP contribution in [0.4, 0.5) is 5.69 Å². The van der Waals surface area contributed by atoms with E-state index in [1.54, 1.807) is 12.1 Å². The van der Waals surface area contributed by atoms with Gasteiger partial charge in [0.05, 0.1) is 11.0 Å². The van der Waals surface area contributed by atoms with E-state index in [-0.39, 0.29) is 18.2 Å². The Morgan fingerprint density at radius 2 is 2.04 bits per heavy atom. The van der Waals surface area contributed by atoms with Crippen molar-refractivity contribution < 1.29 is 14.5 Å². The molecule has 1 aliphatic carbocycles. The third-order valence-corrected chi connectivity index (χ3v) is 5.03. The number of carbonyl (C=O) groups is 1. The van der Waals surface area contributed by atoms with Crippen molar-refractivity contribution in [1.29, 1.82) is 0 Å². The van der Waals surface area contributed by atoms with Gasteiger partial charge in [-0.25, -0.2) is 0 Å². The quantitative estimate of drug-likeness (QED) is 0.632. The van der Waals surface area contributed by atoms with Crippen LogP contribution in [0, 0.1) is 22.0 Å². The topological polar surface area (TPSA) is 72.7 Å². The molecule has 1 amide bonds. The smallest absolute Gasteiger partial charge is 0.273 e. The number of nitro groups is 1. The molecule has 0 spiro atoms. The summed E-state index contributed by atoms with van der Waals surface area (Å²) in [5.74, 6) is 1.75. The van der Waals surface area contributed by atoms with E-state index in [0.717, 1.165) is 25.4 Å². The van der Waals surface area contributed by atoms with Gasteiger partial charge in [-0.2, -0.15) is 0 Å². The Morgan fingerprint density at radius 1 is 1.26 bits per heavy atom. The van der Waals surface area contributed by atoms with E-state index in [0.29, 0.717) is 11.7 Å². The molecule has 0 radical (unpaired) electrons. The van der Waals surface area contributed by atoms with E-state index < -0.39 is 4.92 Å². The van der Waals surface area contributed by atoms with E-state index in [1.807, 2.05) is 4.90 Å². The summed E-state index contributed by atoms with van der Waals surface area (Å²) in [6.07, 6.45) is 6.21. The highest BCUT2D eigenvalue weighted by molar-refractivity contribution is 5.77. The number of ether oxygens (including phenoxy) is 1. The van der Waals surface area contributed by atoms with Crippen LogP contribution < -0.4 is 4.74 Å². The third kappa shape index (κ3) is 3.81. The van der Waals surface area contributed by atoms with Crippen LogP contribution in [-0.2, 0) is 4.79 Å². The minimum atomic E-state index is -0.470. The molecule has 2 fully saturated rings. The number of carbonyl (C=O) groups excluding carboxylic acids is 1. The molecule has 2 aliphatic rings. The Hall–Kier alpha value is -2.11. The zero-order valence-electron chi connectivity index (χ0n) is 13.1. The number of nitrogens with zero attached hydrogens (tertiary/aromatic N) is 2. The van der Waals surface area contributed by atoms with E-state index in [9.17, 15) is 14.9 Å². The predicted octanol–water partition coefficient (Wildman–Crippen LogP) is 3.01. The maximum atomic E-state index is 12.3. The fourth-order valence-electron chi connectivity index (χ4n) is 3.75. The van der Waals surface area contributed by atoms with Crippen molar-refractivity contribution in [2.24, 2.45) is 11.8 Å². The number of piperidine rings is 1. The van der Waals surface area contributed by atoms with Crippen molar-refractivity contribution in [2.45, 2.75) is 32.1 Å². The number of non-ortho nitro benzene ring substituents is 1. The second-order valence-corrected chi connectivity index (χ2v) is 6.48. The van der Waals surface area contributed by atoms with Gasteiger partial charge in [-0.05, 0) is 30.7 Å². The van der Waals surface area contributed by atoms with E-state index in [2.05, 4.69) is 0 Å².